The number of hydrogen-bond donors (Lipinski definition) is 0. The Kier molecular flexibility index (Phi) is 3.21. The summed E-state index contributed by atoms with van der Waals surface area (Å²) in [5.74, 6) is 2.19. The molecule has 7 nitrogen and oxygen atoms in total. The number of likely N-dealkylation sites (tertiary alicyclic amines) is 1. The van der Waals surface area contributed by atoms with Gasteiger partial charge in [0.25, 0.3) is 0 Å². The third-order valence-electron chi connectivity index (χ3n) is 4.54. The second-order valence-corrected chi connectivity index (χ2v) is 6.09. The lowest BCUT2D eigenvalue weighted by molar-refractivity contribution is 0.144. The van der Waals surface area contributed by atoms with Crippen LogP contribution in [0.5, 0.6) is 0 Å². The average Bonchev–Trinajstić information content (AvgIpc) is 2.96. The van der Waals surface area contributed by atoms with Crippen LogP contribution in [-0.4, -0.2) is 42.4 Å². The van der Waals surface area contributed by atoms with Crippen molar-refractivity contribution in [2.45, 2.75) is 57.2 Å². The van der Waals surface area contributed by atoms with E-state index in [0.29, 0.717) is 12.0 Å². The zero-order valence-corrected chi connectivity index (χ0v) is 12.2. The van der Waals surface area contributed by atoms with Crippen molar-refractivity contribution in [2.75, 3.05) is 6.54 Å². The van der Waals surface area contributed by atoms with E-state index in [1.54, 1.807) is 12.7 Å². The van der Waals surface area contributed by atoms with Gasteiger partial charge in [0.05, 0.1) is 12.6 Å². The van der Waals surface area contributed by atoms with Gasteiger partial charge in [-0.15, -0.1) is 0 Å². The minimum Gasteiger partial charge on any atom is -0.338 e. The van der Waals surface area contributed by atoms with Crippen LogP contribution in [0.25, 0.3) is 0 Å². The average molecular weight is 288 g/mol. The molecule has 1 aliphatic heterocycles. The minimum atomic E-state index is 0.168. The molecule has 1 saturated carbocycles. The smallest absolute Gasteiger partial charge is 0.243 e. The Bertz CT molecular complexity index is 590. The van der Waals surface area contributed by atoms with E-state index in [-0.39, 0.29) is 6.04 Å². The number of aromatic nitrogens is 5. The summed E-state index contributed by atoms with van der Waals surface area (Å²) in [5.41, 5.74) is 0. The molecule has 0 N–H and O–H groups in total. The molecular weight excluding hydrogens is 268 g/mol. The molecule has 2 aromatic heterocycles. The fourth-order valence-electron chi connectivity index (χ4n) is 3.17. The summed E-state index contributed by atoms with van der Waals surface area (Å²) in [6.07, 6.45) is 8.14. The standard InChI is InChI=1S/C14H20N6O/c1-10(14-17-13(18-21-14)11-4-5-11)20-6-2-3-12(20)7-19-9-15-8-16-19/h8-12H,2-7H2,1H3. The lowest BCUT2D eigenvalue weighted by Gasteiger charge is -2.28. The minimum absolute atomic E-state index is 0.168. The second-order valence-electron chi connectivity index (χ2n) is 6.09. The van der Waals surface area contributed by atoms with Crippen LogP contribution in [0.2, 0.25) is 0 Å². The summed E-state index contributed by atoms with van der Waals surface area (Å²) in [5, 5.41) is 8.34. The van der Waals surface area contributed by atoms with Crippen molar-refractivity contribution in [3.8, 4) is 0 Å². The van der Waals surface area contributed by atoms with Crippen LogP contribution in [0.3, 0.4) is 0 Å². The molecule has 0 aromatic carbocycles. The molecule has 2 aromatic rings. The van der Waals surface area contributed by atoms with Crippen LogP contribution in [0.4, 0.5) is 0 Å². The molecule has 0 spiro atoms. The molecule has 2 fully saturated rings. The Labute approximate surface area is 123 Å². The highest BCUT2D eigenvalue weighted by molar-refractivity contribution is 5.05. The molecule has 0 amide bonds. The summed E-state index contributed by atoms with van der Waals surface area (Å²) >= 11 is 0. The predicted molar refractivity (Wildman–Crippen MR) is 74.4 cm³/mol. The maximum absolute atomic E-state index is 5.49. The van der Waals surface area contributed by atoms with Crippen LogP contribution < -0.4 is 0 Å². The predicted octanol–water partition coefficient (Wildman–Crippen LogP) is 1.76. The summed E-state index contributed by atoms with van der Waals surface area (Å²) < 4.78 is 7.39. The third-order valence-corrected chi connectivity index (χ3v) is 4.54. The Hall–Kier alpha value is -1.76. The summed E-state index contributed by atoms with van der Waals surface area (Å²) in [6, 6.07) is 0.624. The largest absolute Gasteiger partial charge is 0.338 e. The zero-order chi connectivity index (χ0) is 14.2. The maximum Gasteiger partial charge on any atom is 0.243 e. The van der Waals surface area contributed by atoms with Crippen LogP contribution >= 0.6 is 0 Å². The van der Waals surface area contributed by atoms with Crippen LogP contribution in [0.15, 0.2) is 17.2 Å². The fraction of sp³-hybridized carbons (Fsp3) is 0.714. The number of nitrogens with zero attached hydrogens (tertiary/aromatic N) is 6. The van der Waals surface area contributed by atoms with E-state index >= 15 is 0 Å². The highest BCUT2D eigenvalue weighted by Crippen LogP contribution is 2.39. The number of rotatable bonds is 5. The monoisotopic (exact) mass is 288 g/mol. The molecule has 112 valence electrons. The first-order valence-electron chi connectivity index (χ1n) is 7.73. The van der Waals surface area contributed by atoms with Gasteiger partial charge in [-0.3, -0.25) is 9.58 Å². The molecular formula is C14H20N6O. The third kappa shape index (κ3) is 2.57. The Morgan fingerprint density at radius 3 is 3.05 bits per heavy atom. The summed E-state index contributed by atoms with van der Waals surface area (Å²) in [7, 11) is 0. The molecule has 2 aliphatic rings. The van der Waals surface area contributed by atoms with E-state index in [9.17, 15) is 0 Å². The van der Waals surface area contributed by atoms with E-state index in [1.807, 2.05) is 4.68 Å². The van der Waals surface area contributed by atoms with Gasteiger partial charge < -0.3 is 4.52 Å². The van der Waals surface area contributed by atoms with Gasteiger partial charge in [0, 0.05) is 12.0 Å². The molecule has 7 heteroatoms. The summed E-state index contributed by atoms with van der Waals surface area (Å²) in [4.78, 5) is 11.1. The molecule has 4 rings (SSSR count). The highest BCUT2D eigenvalue weighted by atomic mass is 16.5. The van der Waals surface area contributed by atoms with Crippen molar-refractivity contribution in [3.05, 3.63) is 24.4 Å². The Morgan fingerprint density at radius 1 is 1.38 bits per heavy atom. The molecule has 1 aliphatic carbocycles. The molecule has 21 heavy (non-hydrogen) atoms. The van der Waals surface area contributed by atoms with Crippen LogP contribution in [0, 0.1) is 0 Å². The van der Waals surface area contributed by atoms with E-state index < -0.39 is 0 Å². The van der Waals surface area contributed by atoms with Crippen molar-refractivity contribution in [1.82, 2.24) is 29.8 Å². The number of hydrogen-bond acceptors (Lipinski definition) is 6. The van der Waals surface area contributed by atoms with E-state index in [1.165, 1.54) is 25.7 Å². The van der Waals surface area contributed by atoms with Crippen LogP contribution in [-0.2, 0) is 6.54 Å². The van der Waals surface area contributed by atoms with Gasteiger partial charge in [-0.1, -0.05) is 5.16 Å². The topological polar surface area (TPSA) is 72.9 Å². The van der Waals surface area contributed by atoms with Gasteiger partial charge in [0.1, 0.15) is 12.7 Å². The van der Waals surface area contributed by atoms with Gasteiger partial charge in [0.15, 0.2) is 5.82 Å². The Balaban J connectivity index is 1.47. The molecule has 1 saturated heterocycles. The molecule has 2 atom stereocenters. The van der Waals surface area contributed by atoms with Gasteiger partial charge in [-0.2, -0.15) is 10.1 Å². The zero-order valence-electron chi connectivity index (χ0n) is 12.2. The quantitative estimate of drug-likeness (QED) is 0.834. The van der Waals surface area contributed by atoms with Crippen molar-refractivity contribution < 1.29 is 4.52 Å². The fourth-order valence-corrected chi connectivity index (χ4v) is 3.17. The van der Waals surface area contributed by atoms with Crippen molar-refractivity contribution in [3.63, 3.8) is 0 Å². The molecule has 0 radical (unpaired) electrons. The van der Waals surface area contributed by atoms with Crippen molar-refractivity contribution in [1.29, 1.82) is 0 Å². The van der Waals surface area contributed by atoms with E-state index in [0.717, 1.165) is 24.8 Å². The second kappa shape index (κ2) is 5.22. The highest BCUT2D eigenvalue weighted by Gasteiger charge is 2.34. The molecule has 3 heterocycles. The van der Waals surface area contributed by atoms with Crippen molar-refractivity contribution in [2.24, 2.45) is 0 Å². The normalized spacial score (nSPS) is 24.5. The molecule has 2 unspecified atom stereocenters. The van der Waals surface area contributed by atoms with Crippen LogP contribution in [0.1, 0.15) is 56.3 Å². The first-order valence-corrected chi connectivity index (χ1v) is 7.73. The lowest BCUT2D eigenvalue weighted by atomic mass is 10.2. The van der Waals surface area contributed by atoms with E-state index in [2.05, 4.69) is 32.0 Å². The maximum atomic E-state index is 5.49. The van der Waals surface area contributed by atoms with E-state index in [4.69, 9.17) is 4.52 Å². The van der Waals surface area contributed by atoms with Gasteiger partial charge in [-0.25, -0.2) is 4.98 Å². The van der Waals surface area contributed by atoms with Crippen molar-refractivity contribution >= 4 is 0 Å². The lowest BCUT2D eigenvalue weighted by Crippen LogP contribution is -2.35. The van der Waals surface area contributed by atoms with Gasteiger partial charge in [0.2, 0.25) is 5.89 Å². The van der Waals surface area contributed by atoms with Gasteiger partial charge in [-0.05, 0) is 39.2 Å². The SMILES string of the molecule is CC(c1nc(C2CC2)no1)N1CCCC1Cn1cncn1. The summed E-state index contributed by atoms with van der Waals surface area (Å²) in [6.45, 7) is 4.10. The Morgan fingerprint density at radius 2 is 2.29 bits per heavy atom. The van der Waals surface area contributed by atoms with Gasteiger partial charge >= 0.3 is 0 Å². The molecule has 0 bridgehead atoms. The first-order chi connectivity index (χ1) is 10.3. The first kappa shape index (κ1) is 12.9.